The van der Waals surface area contributed by atoms with Crippen LogP contribution < -0.4 is 0 Å². The molecule has 0 bridgehead atoms. The molecular weight excluding hydrogens is 637 g/mol. The lowest BCUT2D eigenvalue weighted by molar-refractivity contribution is 0.668. The molecule has 242 valence electrons. The highest BCUT2D eigenvalue weighted by molar-refractivity contribution is 6.13. The Hall–Kier alpha value is -7.04. The Balaban J connectivity index is 1.08. The highest BCUT2D eigenvalue weighted by atomic mass is 16.3. The zero-order valence-electron chi connectivity index (χ0n) is 27.9. The molecule has 0 spiro atoms. The summed E-state index contributed by atoms with van der Waals surface area (Å²) in [5.41, 5.74) is 12.9. The van der Waals surface area contributed by atoms with Gasteiger partial charge in [0.15, 0.2) is 0 Å². The topological polar surface area (TPSA) is 36.1 Å². The van der Waals surface area contributed by atoms with Crippen molar-refractivity contribution in [2.24, 2.45) is 0 Å². The second-order valence-electron chi connectivity index (χ2n) is 13.7. The monoisotopic (exact) mass is 664 g/mol. The van der Waals surface area contributed by atoms with Crippen molar-refractivity contribution in [2.45, 2.75) is 0 Å². The maximum Gasteiger partial charge on any atom is 0.135 e. The van der Waals surface area contributed by atoms with Crippen molar-refractivity contribution in [3.63, 3.8) is 0 Å². The van der Waals surface area contributed by atoms with E-state index >= 15 is 0 Å². The van der Waals surface area contributed by atoms with Crippen LogP contribution in [0.15, 0.2) is 179 Å². The Morgan fingerprint density at radius 3 is 1.13 bits per heavy atom. The molecule has 0 atom stereocenters. The molecule has 0 unspecified atom stereocenters. The lowest BCUT2D eigenvalue weighted by Crippen LogP contribution is -1.94. The largest absolute Gasteiger partial charge is 0.456 e. The van der Waals surface area contributed by atoms with Crippen LogP contribution in [0.5, 0.6) is 0 Å². The van der Waals surface area contributed by atoms with E-state index in [0.29, 0.717) is 0 Å². The van der Waals surface area contributed by atoms with Gasteiger partial charge in [0.25, 0.3) is 0 Å². The number of nitrogens with zero attached hydrogens (tertiary/aromatic N) is 2. The molecule has 0 aliphatic carbocycles. The normalized spacial score (nSPS) is 12.2. The summed E-state index contributed by atoms with van der Waals surface area (Å²) >= 11 is 0. The number of hydrogen-bond donors (Lipinski definition) is 0. The van der Waals surface area contributed by atoms with Crippen molar-refractivity contribution < 1.29 is 8.83 Å². The van der Waals surface area contributed by atoms with Crippen molar-refractivity contribution in [3.8, 4) is 22.5 Å². The molecule has 4 aromatic heterocycles. The Morgan fingerprint density at radius 2 is 0.654 bits per heavy atom. The van der Waals surface area contributed by atoms with E-state index in [1.165, 1.54) is 54.7 Å². The molecule has 8 aromatic carbocycles. The molecule has 0 N–H and O–H groups in total. The summed E-state index contributed by atoms with van der Waals surface area (Å²) in [5.74, 6) is 0. The third kappa shape index (κ3) is 3.81. The fraction of sp³-hybridized carbons (Fsp3) is 0. The van der Waals surface area contributed by atoms with E-state index in [1.807, 2.05) is 24.3 Å². The Morgan fingerprint density at radius 1 is 0.269 bits per heavy atom. The van der Waals surface area contributed by atoms with E-state index in [9.17, 15) is 0 Å². The van der Waals surface area contributed by atoms with Gasteiger partial charge in [-0.25, -0.2) is 0 Å². The predicted octanol–water partition coefficient (Wildman–Crippen LogP) is 13.3. The number of para-hydroxylation sites is 4. The number of hydrogen-bond acceptors (Lipinski definition) is 2. The summed E-state index contributed by atoms with van der Waals surface area (Å²) in [4.78, 5) is 0. The van der Waals surface area contributed by atoms with E-state index < -0.39 is 0 Å². The summed E-state index contributed by atoms with van der Waals surface area (Å²) in [6, 6.07) is 60.8. The van der Waals surface area contributed by atoms with Crippen LogP contribution in [0.25, 0.3) is 110 Å². The fourth-order valence-electron chi connectivity index (χ4n) is 8.56. The number of rotatable bonds is 3. The molecule has 0 saturated carbocycles. The van der Waals surface area contributed by atoms with E-state index in [2.05, 4.69) is 155 Å². The lowest BCUT2D eigenvalue weighted by Gasteiger charge is -2.11. The van der Waals surface area contributed by atoms with E-state index in [4.69, 9.17) is 8.83 Å². The van der Waals surface area contributed by atoms with Crippen molar-refractivity contribution in [3.05, 3.63) is 170 Å². The molecule has 0 fully saturated rings. The molecule has 0 radical (unpaired) electrons. The fourth-order valence-corrected chi connectivity index (χ4v) is 8.56. The van der Waals surface area contributed by atoms with Gasteiger partial charge in [-0.15, -0.1) is 0 Å². The molecule has 0 aliphatic heterocycles. The molecule has 52 heavy (non-hydrogen) atoms. The van der Waals surface area contributed by atoms with Crippen LogP contribution in [-0.4, -0.2) is 9.13 Å². The van der Waals surface area contributed by atoms with E-state index in [-0.39, 0.29) is 0 Å². The quantitative estimate of drug-likeness (QED) is 0.188. The van der Waals surface area contributed by atoms with Gasteiger partial charge in [-0.3, -0.25) is 0 Å². The predicted molar refractivity (Wildman–Crippen MR) is 215 cm³/mol. The maximum absolute atomic E-state index is 6.20. The SMILES string of the molecule is c1ccc2c(c1)oc1ccc(-n3c4ccccc4c4ccc(-c5ccc6c7ccccc7n(-c7ccc8oc9ccccc9c8c7)c6c5)cc43)cc12. The molecule has 0 amide bonds. The Labute approximate surface area is 296 Å². The van der Waals surface area contributed by atoms with Crippen LogP contribution in [0.3, 0.4) is 0 Å². The van der Waals surface area contributed by atoms with Gasteiger partial charge >= 0.3 is 0 Å². The van der Waals surface area contributed by atoms with E-state index in [1.54, 1.807) is 0 Å². The number of aromatic nitrogens is 2. The highest BCUT2D eigenvalue weighted by Gasteiger charge is 2.18. The van der Waals surface area contributed by atoms with Gasteiger partial charge < -0.3 is 18.0 Å². The average molecular weight is 665 g/mol. The summed E-state index contributed by atoms with van der Waals surface area (Å²) in [7, 11) is 0. The maximum atomic E-state index is 6.20. The van der Waals surface area contributed by atoms with Crippen LogP contribution >= 0.6 is 0 Å². The molecule has 4 heterocycles. The second-order valence-corrected chi connectivity index (χ2v) is 13.7. The minimum atomic E-state index is 0.898. The summed E-state index contributed by atoms with van der Waals surface area (Å²) in [6.45, 7) is 0. The minimum Gasteiger partial charge on any atom is -0.456 e. The molecular formula is C48H28N2O2. The van der Waals surface area contributed by atoms with Crippen LogP contribution in [0, 0.1) is 0 Å². The first kappa shape index (κ1) is 27.7. The summed E-state index contributed by atoms with van der Waals surface area (Å²) in [6.07, 6.45) is 0. The van der Waals surface area contributed by atoms with Crippen LogP contribution in [0.1, 0.15) is 0 Å². The van der Waals surface area contributed by atoms with Crippen LogP contribution in [0.2, 0.25) is 0 Å². The molecule has 4 heteroatoms. The number of benzene rings is 8. The number of furan rings is 2. The van der Waals surface area contributed by atoms with Crippen molar-refractivity contribution in [1.29, 1.82) is 0 Å². The first-order chi connectivity index (χ1) is 25.8. The second kappa shape index (κ2) is 10.3. The molecule has 12 aromatic rings. The standard InChI is InChI=1S/C48H28N2O2/c1-5-13-41-33(9-1)35-21-17-29(25-43(35)49(41)31-19-23-47-39(27-31)37-11-3-7-15-45(37)51-47)30-18-22-36-34-10-2-6-14-42(34)50(44(36)26-30)32-20-24-48-40(28-32)38-12-4-8-16-46(38)52-48/h1-28H. The van der Waals surface area contributed by atoms with Crippen LogP contribution in [0.4, 0.5) is 0 Å². The third-order valence-electron chi connectivity index (χ3n) is 10.9. The van der Waals surface area contributed by atoms with Crippen molar-refractivity contribution in [2.75, 3.05) is 0 Å². The van der Waals surface area contributed by atoms with Crippen molar-refractivity contribution in [1.82, 2.24) is 9.13 Å². The average Bonchev–Trinajstić information content (AvgIpc) is 3.94. The molecule has 0 aliphatic rings. The molecule has 12 rings (SSSR count). The van der Waals surface area contributed by atoms with Gasteiger partial charge in [-0.05, 0) is 83.9 Å². The van der Waals surface area contributed by atoms with Gasteiger partial charge in [0.2, 0.25) is 0 Å². The van der Waals surface area contributed by atoms with Gasteiger partial charge in [-0.1, -0.05) is 97.1 Å². The third-order valence-corrected chi connectivity index (χ3v) is 10.9. The van der Waals surface area contributed by atoms with Gasteiger partial charge in [0, 0.05) is 54.5 Å². The molecule has 0 saturated heterocycles. The zero-order valence-corrected chi connectivity index (χ0v) is 27.9. The van der Waals surface area contributed by atoms with Crippen molar-refractivity contribution >= 4 is 87.5 Å². The van der Waals surface area contributed by atoms with Gasteiger partial charge in [-0.2, -0.15) is 0 Å². The zero-order chi connectivity index (χ0) is 33.9. The van der Waals surface area contributed by atoms with Gasteiger partial charge in [0.1, 0.15) is 22.3 Å². The lowest BCUT2D eigenvalue weighted by atomic mass is 10.0. The van der Waals surface area contributed by atoms with Crippen LogP contribution in [-0.2, 0) is 0 Å². The first-order valence-electron chi connectivity index (χ1n) is 17.7. The summed E-state index contributed by atoms with van der Waals surface area (Å²) < 4.78 is 17.2. The van der Waals surface area contributed by atoms with E-state index in [0.717, 1.165) is 55.3 Å². The minimum absolute atomic E-state index is 0.898. The summed E-state index contributed by atoms with van der Waals surface area (Å²) in [5, 5.41) is 9.43. The number of fused-ring (bicyclic) bond motifs is 12. The Bertz CT molecular complexity index is 3190. The molecule has 4 nitrogen and oxygen atoms in total. The van der Waals surface area contributed by atoms with Gasteiger partial charge in [0.05, 0.1) is 22.1 Å². The highest BCUT2D eigenvalue weighted by Crippen LogP contribution is 2.40. The smallest absolute Gasteiger partial charge is 0.135 e. The first-order valence-corrected chi connectivity index (χ1v) is 17.7. The Kier molecular flexibility index (Phi) is 5.47.